The van der Waals surface area contributed by atoms with Crippen LogP contribution in [0.25, 0.3) is 10.2 Å². The number of hydrogen-bond acceptors (Lipinski definition) is 6. The summed E-state index contributed by atoms with van der Waals surface area (Å²) in [7, 11) is 0. The van der Waals surface area contributed by atoms with E-state index in [1.807, 2.05) is 13.0 Å². The molecule has 10 heteroatoms. The summed E-state index contributed by atoms with van der Waals surface area (Å²) in [6.07, 6.45) is 9.01. The van der Waals surface area contributed by atoms with Crippen molar-refractivity contribution < 1.29 is 14.4 Å². The minimum atomic E-state index is -0.341. The molecule has 2 aliphatic heterocycles. The van der Waals surface area contributed by atoms with Crippen LogP contribution in [0.15, 0.2) is 36.7 Å². The Balaban J connectivity index is 1.62. The lowest BCUT2D eigenvalue weighted by Crippen LogP contribution is -2.49. The van der Waals surface area contributed by atoms with E-state index in [4.69, 9.17) is 5.41 Å². The van der Waals surface area contributed by atoms with Gasteiger partial charge in [0.1, 0.15) is 9.71 Å². The minimum Gasteiger partial charge on any atom is -0.347 e. The van der Waals surface area contributed by atoms with Gasteiger partial charge in [-0.25, -0.2) is 9.78 Å². The third-order valence-electron chi connectivity index (χ3n) is 5.80. The molecule has 0 radical (unpaired) electrons. The highest BCUT2D eigenvalue weighted by atomic mass is 32.1. The number of rotatable bonds is 7. The van der Waals surface area contributed by atoms with Crippen LogP contribution in [0.4, 0.5) is 16.2 Å². The van der Waals surface area contributed by atoms with Crippen LogP contribution in [0.3, 0.4) is 0 Å². The third-order valence-corrected chi connectivity index (χ3v) is 6.90. The van der Waals surface area contributed by atoms with Gasteiger partial charge in [0.2, 0.25) is 5.91 Å². The Bertz CT molecular complexity index is 1170. The first kappa shape index (κ1) is 22.7. The van der Waals surface area contributed by atoms with Crippen LogP contribution in [-0.2, 0) is 4.79 Å². The molecule has 0 aromatic carbocycles. The molecule has 1 saturated heterocycles. The Labute approximate surface area is 195 Å². The normalized spacial score (nSPS) is 18.2. The number of anilines is 2. The van der Waals surface area contributed by atoms with Crippen molar-refractivity contribution in [3.63, 3.8) is 0 Å². The number of carbonyl (C=O) groups excluding carboxylic acids is 3. The number of piperidine rings is 1. The van der Waals surface area contributed by atoms with E-state index in [0.29, 0.717) is 47.0 Å². The summed E-state index contributed by atoms with van der Waals surface area (Å²) >= 11 is 1.24. The van der Waals surface area contributed by atoms with Gasteiger partial charge in [0.15, 0.2) is 0 Å². The molecule has 3 N–H and O–H groups in total. The number of pyridine rings is 1. The smallest absolute Gasteiger partial charge is 0.330 e. The van der Waals surface area contributed by atoms with Crippen LogP contribution in [0.5, 0.6) is 0 Å². The van der Waals surface area contributed by atoms with Gasteiger partial charge in [-0.05, 0) is 51.0 Å². The second-order valence-corrected chi connectivity index (χ2v) is 9.01. The van der Waals surface area contributed by atoms with Gasteiger partial charge in [-0.3, -0.25) is 14.5 Å². The van der Waals surface area contributed by atoms with Gasteiger partial charge in [-0.15, -0.1) is 11.3 Å². The third kappa shape index (κ3) is 4.38. The van der Waals surface area contributed by atoms with E-state index in [0.717, 1.165) is 23.9 Å². The van der Waals surface area contributed by atoms with E-state index >= 15 is 0 Å². The Hall–Kier alpha value is -3.53. The SMILES string of the molecule is C=CC(=O)N1CCC[C@@H](NC(=O)c2sc3nccc4c3c2NC(=O)N4/C(C)=C/CCC=N)C1. The summed E-state index contributed by atoms with van der Waals surface area (Å²) in [4.78, 5) is 46.9. The van der Waals surface area contributed by atoms with Crippen molar-refractivity contribution in [2.75, 3.05) is 23.3 Å². The summed E-state index contributed by atoms with van der Waals surface area (Å²) in [6, 6.07) is 1.26. The fourth-order valence-electron chi connectivity index (χ4n) is 4.24. The molecule has 1 atom stereocenters. The van der Waals surface area contributed by atoms with Crippen molar-refractivity contribution in [3.8, 4) is 0 Å². The van der Waals surface area contributed by atoms with Gasteiger partial charge >= 0.3 is 6.03 Å². The van der Waals surface area contributed by atoms with Crippen LogP contribution in [0.1, 0.15) is 42.3 Å². The zero-order valence-electron chi connectivity index (χ0n) is 18.4. The van der Waals surface area contributed by atoms with Crippen molar-refractivity contribution >= 4 is 57.0 Å². The average molecular weight is 467 g/mol. The second-order valence-electron chi connectivity index (χ2n) is 8.01. The van der Waals surface area contributed by atoms with Gasteiger partial charge in [-0.2, -0.15) is 0 Å². The Morgan fingerprint density at radius 1 is 1.42 bits per heavy atom. The summed E-state index contributed by atoms with van der Waals surface area (Å²) in [5.74, 6) is -0.431. The fraction of sp³-hybridized carbons (Fsp3) is 0.348. The molecule has 0 saturated carbocycles. The topological polar surface area (TPSA) is 118 Å². The molecule has 172 valence electrons. The first-order chi connectivity index (χ1) is 15.9. The predicted molar refractivity (Wildman–Crippen MR) is 130 cm³/mol. The lowest BCUT2D eigenvalue weighted by molar-refractivity contribution is -0.127. The van der Waals surface area contributed by atoms with Crippen LogP contribution < -0.4 is 15.5 Å². The zero-order chi connectivity index (χ0) is 23.5. The van der Waals surface area contributed by atoms with Crippen molar-refractivity contribution in [1.82, 2.24) is 15.2 Å². The number of nitrogens with one attached hydrogen (secondary N) is 3. The number of carbonyl (C=O) groups is 3. The maximum atomic E-state index is 13.2. The summed E-state index contributed by atoms with van der Waals surface area (Å²) in [5.41, 5.74) is 1.90. The molecule has 0 spiro atoms. The van der Waals surface area contributed by atoms with Gasteiger partial charge in [0, 0.05) is 31.0 Å². The Morgan fingerprint density at radius 3 is 3.00 bits per heavy atom. The number of allylic oxidation sites excluding steroid dienone is 2. The quantitative estimate of drug-likeness (QED) is 0.326. The van der Waals surface area contributed by atoms with Crippen molar-refractivity contribution in [3.05, 3.63) is 41.6 Å². The summed E-state index contributed by atoms with van der Waals surface area (Å²) in [5, 5.41) is 13.8. The number of aromatic nitrogens is 1. The number of nitrogens with zero attached hydrogens (tertiary/aromatic N) is 3. The fourth-order valence-corrected chi connectivity index (χ4v) is 5.26. The highest BCUT2D eigenvalue weighted by Gasteiger charge is 2.33. The maximum absolute atomic E-state index is 13.2. The molecule has 2 aromatic heterocycles. The molecule has 0 bridgehead atoms. The number of hydrogen-bond donors (Lipinski definition) is 3. The molecule has 0 unspecified atom stereocenters. The molecule has 4 heterocycles. The van der Waals surface area contributed by atoms with E-state index in [2.05, 4.69) is 22.2 Å². The number of amides is 4. The molecular weight excluding hydrogens is 440 g/mol. The van der Waals surface area contributed by atoms with E-state index in [-0.39, 0.29) is 23.9 Å². The minimum absolute atomic E-state index is 0.142. The second kappa shape index (κ2) is 9.53. The molecule has 33 heavy (non-hydrogen) atoms. The Morgan fingerprint density at radius 2 is 2.24 bits per heavy atom. The standard InChI is InChI=1S/C23H26N6O3S/c1-3-17(30)28-12-6-8-15(13-28)26-21(31)20-19-18-16(9-11-25-22(18)33-20)29(23(32)27-19)14(2)7-4-5-10-24/h3,7,9-11,15,24H,1,4-6,8,12-13H2,2H3,(H,26,31)(H,27,32)/b14-7+,24-10?/t15-/m1/s1. The van der Waals surface area contributed by atoms with Crippen molar-refractivity contribution in [2.24, 2.45) is 0 Å². The van der Waals surface area contributed by atoms with E-state index in [1.54, 1.807) is 22.1 Å². The summed E-state index contributed by atoms with van der Waals surface area (Å²) < 4.78 is 0. The van der Waals surface area contributed by atoms with Crippen molar-refractivity contribution in [1.29, 1.82) is 5.41 Å². The van der Waals surface area contributed by atoms with Crippen LogP contribution >= 0.6 is 11.3 Å². The van der Waals surface area contributed by atoms with Gasteiger partial charge in [-0.1, -0.05) is 12.7 Å². The monoisotopic (exact) mass is 466 g/mol. The average Bonchev–Trinajstić information content (AvgIpc) is 3.18. The Kier molecular flexibility index (Phi) is 6.55. The largest absolute Gasteiger partial charge is 0.347 e. The van der Waals surface area contributed by atoms with Gasteiger partial charge in [0.05, 0.1) is 16.8 Å². The lowest BCUT2D eigenvalue weighted by atomic mass is 10.1. The molecule has 4 amide bonds. The van der Waals surface area contributed by atoms with Crippen LogP contribution in [0, 0.1) is 5.41 Å². The van der Waals surface area contributed by atoms with E-state index < -0.39 is 0 Å². The first-order valence-corrected chi connectivity index (χ1v) is 11.7. The van der Waals surface area contributed by atoms with E-state index in [1.165, 1.54) is 23.6 Å². The van der Waals surface area contributed by atoms with Gasteiger partial charge < -0.3 is 20.9 Å². The number of unbranched alkanes of at least 4 members (excludes halogenated alkanes) is 1. The van der Waals surface area contributed by atoms with Crippen LogP contribution in [0.2, 0.25) is 0 Å². The van der Waals surface area contributed by atoms with Crippen LogP contribution in [-0.4, -0.2) is 53.1 Å². The number of likely N-dealkylation sites (tertiary alicyclic amines) is 1. The maximum Gasteiger partial charge on any atom is 0.330 e. The first-order valence-electron chi connectivity index (χ1n) is 10.8. The van der Waals surface area contributed by atoms with Gasteiger partial charge in [0.25, 0.3) is 5.91 Å². The highest BCUT2D eigenvalue weighted by Crippen LogP contribution is 2.44. The summed E-state index contributed by atoms with van der Waals surface area (Å²) in [6.45, 7) is 6.46. The predicted octanol–water partition coefficient (Wildman–Crippen LogP) is 3.89. The molecule has 0 aliphatic carbocycles. The molecule has 1 fully saturated rings. The molecule has 4 rings (SSSR count). The highest BCUT2D eigenvalue weighted by molar-refractivity contribution is 7.21. The molecular formula is C23H26N6O3S. The lowest BCUT2D eigenvalue weighted by Gasteiger charge is -2.32. The zero-order valence-corrected chi connectivity index (χ0v) is 19.2. The molecule has 2 aliphatic rings. The number of urea groups is 1. The van der Waals surface area contributed by atoms with E-state index in [9.17, 15) is 14.4 Å². The molecule has 2 aromatic rings. The van der Waals surface area contributed by atoms with Crippen molar-refractivity contribution in [2.45, 2.75) is 38.6 Å². The molecule has 9 nitrogen and oxygen atoms in total. The number of thiophene rings is 1.